The Morgan fingerprint density at radius 2 is 2.38 bits per heavy atom. The molecule has 0 aliphatic carbocycles. The molecule has 1 aliphatic rings. The first-order valence-corrected chi connectivity index (χ1v) is 8.40. The fourth-order valence-electron chi connectivity index (χ4n) is 2.82. The number of aromatic nitrogens is 2. The van der Waals surface area contributed by atoms with Crippen LogP contribution in [-0.4, -0.2) is 22.3 Å². The van der Waals surface area contributed by atoms with Crippen LogP contribution in [0.1, 0.15) is 37.4 Å². The summed E-state index contributed by atoms with van der Waals surface area (Å²) >= 11 is 9.44. The number of aryl methyl sites for hydroxylation is 1. The normalized spacial score (nSPS) is 20.3. The Kier molecular flexibility index (Phi) is 4.52. The molecule has 3 nitrogen and oxygen atoms in total. The van der Waals surface area contributed by atoms with E-state index in [9.17, 15) is 4.39 Å². The van der Waals surface area contributed by atoms with E-state index in [2.05, 4.69) is 20.9 Å². The highest BCUT2D eigenvalue weighted by Gasteiger charge is 2.20. The average molecular weight is 376 g/mol. The van der Waals surface area contributed by atoms with Crippen LogP contribution in [0.25, 0.3) is 11.0 Å². The molecular formula is C15H17BrClFN2O. The summed E-state index contributed by atoms with van der Waals surface area (Å²) in [7, 11) is 0. The minimum absolute atomic E-state index is 0.219. The van der Waals surface area contributed by atoms with Gasteiger partial charge < -0.3 is 9.30 Å². The van der Waals surface area contributed by atoms with E-state index in [1.807, 2.05) is 11.5 Å². The highest BCUT2D eigenvalue weighted by Crippen LogP contribution is 2.29. The number of hydrogen-bond acceptors (Lipinski definition) is 2. The maximum Gasteiger partial charge on any atom is 0.139 e. The summed E-state index contributed by atoms with van der Waals surface area (Å²) in [6.07, 6.45) is 3.41. The van der Waals surface area contributed by atoms with E-state index in [1.165, 1.54) is 6.07 Å². The Bertz CT molecular complexity index is 653. The number of benzene rings is 1. The van der Waals surface area contributed by atoms with Crippen molar-refractivity contribution in [1.82, 2.24) is 9.55 Å². The van der Waals surface area contributed by atoms with E-state index in [0.29, 0.717) is 10.6 Å². The number of rotatable bonds is 4. The molecule has 2 atom stereocenters. The number of hydrogen-bond donors (Lipinski definition) is 0. The van der Waals surface area contributed by atoms with Gasteiger partial charge in [0.05, 0.1) is 27.0 Å². The van der Waals surface area contributed by atoms with E-state index in [4.69, 9.17) is 16.3 Å². The molecule has 0 bridgehead atoms. The number of imidazole rings is 1. The van der Waals surface area contributed by atoms with Crippen LogP contribution in [-0.2, 0) is 11.3 Å². The van der Waals surface area contributed by atoms with Crippen molar-refractivity contribution in [2.75, 3.05) is 6.61 Å². The SMILES string of the molecule is CC(Cl)c1nc2cc(Br)c(F)cc2n1CCC1CCCO1. The minimum Gasteiger partial charge on any atom is -0.378 e. The van der Waals surface area contributed by atoms with E-state index in [-0.39, 0.29) is 11.2 Å². The van der Waals surface area contributed by atoms with Crippen molar-refractivity contribution >= 4 is 38.6 Å². The summed E-state index contributed by atoms with van der Waals surface area (Å²) in [5, 5.41) is -0.219. The topological polar surface area (TPSA) is 27.1 Å². The van der Waals surface area contributed by atoms with Crippen molar-refractivity contribution in [2.24, 2.45) is 0 Å². The standard InChI is InChI=1S/C15H17BrClFN2O/c1-9(17)15-19-13-7-11(16)12(18)8-14(13)20(15)5-4-10-3-2-6-21-10/h7-10H,2-6H2,1H3. The van der Waals surface area contributed by atoms with Gasteiger partial charge in [0.1, 0.15) is 11.6 Å². The lowest BCUT2D eigenvalue weighted by atomic mass is 10.2. The highest BCUT2D eigenvalue weighted by atomic mass is 79.9. The molecule has 1 fully saturated rings. The summed E-state index contributed by atoms with van der Waals surface area (Å²) in [4.78, 5) is 4.55. The second kappa shape index (κ2) is 6.23. The molecule has 6 heteroatoms. The van der Waals surface area contributed by atoms with Crippen LogP contribution in [0.2, 0.25) is 0 Å². The molecule has 0 amide bonds. The first-order valence-electron chi connectivity index (χ1n) is 7.17. The molecule has 1 aromatic carbocycles. The summed E-state index contributed by atoms with van der Waals surface area (Å²) in [6, 6.07) is 3.22. The number of fused-ring (bicyclic) bond motifs is 1. The van der Waals surface area contributed by atoms with Crippen LogP contribution in [0, 0.1) is 5.82 Å². The number of ether oxygens (including phenoxy) is 1. The van der Waals surface area contributed by atoms with E-state index in [0.717, 1.165) is 49.3 Å². The quantitative estimate of drug-likeness (QED) is 0.717. The third-order valence-corrected chi connectivity index (χ3v) is 4.68. The van der Waals surface area contributed by atoms with Gasteiger partial charge in [-0.3, -0.25) is 0 Å². The second-order valence-corrected chi connectivity index (χ2v) is 6.93. The lowest BCUT2D eigenvalue weighted by Crippen LogP contribution is -2.12. The predicted octanol–water partition coefficient (Wildman–Crippen LogP) is 4.81. The van der Waals surface area contributed by atoms with E-state index in [1.54, 1.807) is 6.07 Å². The first-order chi connectivity index (χ1) is 10.1. The zero-order chi connectivity index (χ0) is 15.0. The van der Waals surface area contributed by atoms with Crippen molar-refractivity contribution in [1.29, 1.82) is 0 Å². The Balaban J connectivity index is 1.96. The fraction of sp³-hybridized carbons (Fsp3) is 0.533. The van der Waals surface area contributed by atoms with Gasteiger partial charge in [-0.05, 0) is 48.2 Å². The van der Waals surface area contributed by atoms with Gasteiger partial charge in [0.15, 0.2) is 0 Å². The maximum absolute atomic E-state index is 13.8. The molecule has 0 N–H and O–H groups in total. The van der Waals surface area contributed by atoms with Gasteiger partial charge in [0.25, 0.3) is 0 Å². The molecule has 1 saturated heterocycles. The van der Waals surface area contributed by atoms with Gasteiger partial charge in [-0.25, -0.2) is 9.37 Å². The smallest absolute Gasteiger partial charge is 0.139 e. The summed E-state index contributed by atoms with van der Waals surface area (Å²) < 4.78 is 21.9. The third kappa shape index (κ3) is 3.10. The van der Waals surface area contributed by atoms with Crippen molar-refractivity contribution in [2.45, 2.75) is 44.2 Å². The third-order valence-electron chi connectivity index (χ3n) is 3.87. The largest absolute Gasteiger partial charge is 0.378 e. The molecule has 2 heterocycles. The molecular weight excluding hydrogens is 359 g/mol. The second-order valence-electron chi connectivity index (χ2n) is 5.42. The van der Waals surface area contributed by atoms with Gasteiger partial charge in [0, 0.05) is 19.2 Å². The summed E-state index contributed by atoms with van der Waals surface area (Å²) in [6.45, 7) is 3.47. The molecule has 21 heavy (non-hydrogen) atoms. The van der Waals surface area contributed by atoms with Gasteiger partial charge in [-0.1, -0.05) is 0 Å². The average Bonchev–Trinajstić information content (AvgIpc) is 3.05. The Morgan fingerprint density at radius 1 is 1.57 bits per heavy atom. The van der Waals surface area contributed by atoms with Crippen molar-refractivity contribution < 1.29 is 9.13 Å². The van der Waals surface area contributed by atoms with E-state index < -0.39 is 0 Å². The molecule has 2 unspecified atom stereocenters. The van der Waals surface area contributed by atoms with Gasteiger partial charge >= 0.3 is 0 Å². The predicted molar refractivity (Wildman–Crippen MR) is 85.3 cm³/mol. The van der Waals surface area contributed by atoms with Crippen LogP contribution in [0.5, 0.6) is 0 Å². The van der Waals surface area contributed by atoms with E-state index >= 15 is 0 Å². The highest BCUT2D eigenvalue weighted by molar-refractivity contribution is 9.10. The fourth-order valence-corrected chi connectivity index (χ4v) is 3.32. The Morgan fingerprint density at radius 3 is 3.05 bits per heavy atom. The van der Waals surface area contributed by atoms with Crippen LogP contribution >= 0.6 is 27.5 Å². The molecule has 1 aliphatic heterocycles. The van der Waals surface area contributed by atoms with Gasteiger partial charge in [0.2, 0.25) is 0 Å². The number of alkyl halides is 1. The zero-order valence-corrected chi connectivity index (χ0v) is 14.1. The number of halogens is 3. The Labute approximate surface area is 136 Å². The zero-order valence-electron chi connectivity index (χ0n) is 11.8. The van der Waals surface area contributed by atoms with Crippen LogP contribution in [0.4, 0.5) is 4.39 Å². The van der Waals surface area contributed by atoms with Gasteiger partial charge in [-0.15, -0.1) is 11.6 Å². The minimum atomic E-state index is -0.283. The van der Waals surface area contributed by atoms with Crippen molar-refractivity contribution in [3.63, 3.8) is 0 Å². The van der Waals surface area contributed by atoms with Crippen molar-refractivity contribution in [3.05, 3.63) is 28.2 Å². The van der Waals surface area contributed by atoms with Crippen LogP contribution < -0.4 is 0 Å². The molecule has 1 aromatic heterocycles. The first kappa shape index (κ1) is 15.3. The lowest BCUT2D eigenvalue weighted by molar-refractivity contribution is 0.100. The molecule has 114 valence electrons. The molecule has 0 saturated carbocycles. The van der Waals surface area contributed by atoms with Gasteiger partial charge in [-0.2, -0.15) is 0 Å². The molecule has 2 aromatic rings. The monoisotopic (exact) mass is 374 g/mol. The van der Waals surface area contributed by atoms with Crippen molar-refractivity contribution in [3.8, 4) is 0 Å². The van der Waals surface area contributed by atoms with Crippen LogP contribution in [0.3, 0.4) is 0 Å². The maximum atomic E-state index is 13.8. The van der Waals surface area contributed by atoms with Crippen LogP contribution in [0.15, 0.2) is 16.6 Å². The lowest BCUT2D eigenvalue weighted by Gasteiger charge is -2.14. The molecule has 0 spiro atoms. The summed E-state index contributed by atoms with van der Waals surface area (Å²) in [5.41, 5.74) is 1.55. The molecule has 3 rings (SSSR count). The summed E-state index contributed by atoms with van der Waals surface area (Å²) in [5.74, 6) is 0.497. The Hall–Kier alpha value is -0.650. The molecule has 0 radical (unpaired) electrons. The number of nitrogens with zero attached hydrogens (tertiary/aromatic N) is 2.